The average Bonchev–Trinajstić information content (AvgIpc) is 2.81. The van der Waals surface area contributed by atoms with Gasteiger partial charge in [-0.2, -0.15) is 0 Å². The predicted molar refractivity (Wildman–Crippen MR) is 132 cm³/mol. The summed E-state index contributed by atoms with van der Waals surface area (Å²) >= 11 is -5.24. The number of hydrogen-bond acceptors (Lipinski definition) is 1. The van der Waals surface area contributed by atoms with Crippen molar-refractivity contribution in [3.05, 3.63) is 0 Å². The molecule has 168 valence electrons. The van der Waals surface area contributed by atoms with Crippen molar-refractivity contribution in [2.75, 3.05) is 0 Å². The second-order valence-electron chi connectivity index (χ2n) is 11.8. The van der Waals surface area contributed by atoms with Gasteiger partial charge in [0.1, 0.15) is 0 Å². The first-order chi connectivity index (χ1) is 14.1. The Kier molecular flexibility index (Phi) is 9.09. The van der Waals surface area contributed by atoms with Crippen molar-refractivity contribution in [3.8, 4) is 0 Å². The zero-order valence-electron chi connectivity index (χ0n) is 19.9. The van der Waals surface area contributed by atoms with Crippen LogP contribution in [0.25, 0.3) is 0 Å². The van der Waals surface area contributed by atoms with E-state index in [0.29, 0.717) is 0 Å². The van der Waals surface area contributed by atoms with Crippen LogP contribution in [0.4, 0.5) is 0 Å². The third kappa shape index (κ3) is 5.56. The molecule has 0 heterocycles. The van der Waals surface area contributed by atoms with E-state index in [2.05, 4.69) is 9.88 Å². The monoisotopic (exact) mass is 618 g/mol. The maximum absolute atomic E-state index is 8.20. The summed E-state index contributed by atoms with van der Waals surface area (Å²) in [6.45, 7) is 0. The molecule has 4 aliphatic rings. The predicted octanol–water partition coefficient (Wildman–Crippen LogP) is 9.49. The third-order valence-electron chi connectivity index (χ3n) is 10.1. The molecule has 0 saturated heterocycles. The molecule has 0 aromatic rings. The van der Waals surface area contributed by atoms with Gasteiger partial charge in [0, 0.05) is 0 Å². The Balaban J connectivity index is 1.62. The molecule has 29 heavy (non-hydrogen) atoms. The van der Waals surface area contributed by atoms with Crippen LogP contribution in [0, 0.1) is 0 Å². The van der Waals surface area contributed by atoms with E-state index in [1.807, 2.05) is 0 Å². The van der Waals surface area contributed by atoms with Crippen molar-refractivity contribution in [1.29, 1.82) is 0 Å². The van der Waals surface area contributed by atoms with Crippen molar-refractivity contribution in [2.24, 2.45) is 0 Å². The van der Waals surface area contributed by atoms with E-state index < -0.39 is 37.6 Å². The van der Waals surface area contributed by atoms with E-state index in [1.165, 1.54) is 77.0 Å². The minimum atomic E-state index is -2.62. The Morgan fingerprint density at radius 3 is 0.793 bits per heavy atom. The van der Waals surface area contributed by atoms with Gasteiger partial charge in [-0.1, -0.05) is 0 Å². The molecule has 0 N–H and O–H groups in total. The topological polar surface area (TPSA) is 9.23 Å². The van der Waals surface area contributed by atoms with Crippen molar-refractivity contribution in [3.63, 3.8) is 0 Å². The van der Waals surface area contributed by atoms with E-state index in [4.69, 9.17) is 1.41 Å². The molecule has 4 fully saturated rings. The van der Waals surface area contributed by atoms with Gasteiger partial charge in [0.25, 0.3) is 0 Å². The summed E-state index contributed by atoms with van der Waals surface area (Å²) in [6.07, 6.45) is 30.6. The molecule has 0 bridgehead atoms. The van der Waals surface area contributed by atoms with Crippen LogP contribution >= 0.6 is 0 Å². The molecular formula is C26H50OSn2. The zero-order valence-corrected chi connectivity index (χ0v) is 25.6. The molecule has 0 radical (unpaired) electrons. The molecule has 1 nitrogen and oxygen atoms in total. The molecule has 4 aliphatic carbocycles. The summed E-state index contributed by atoms with van der Waals surface area (Å²) < 4.78 is 12.5. The average molecular weight is 616 g/mol. The van der Waals surface area contributed by atoms with Crippen LogP contribution in [0.5, 0.6) is 0 Å². The second kappa shape index (κ2) is 11.1. The molecule has 0 aromatic heterocycles. The van der Waals surface area contributed by atoms with Crippen LogP contribution in [-0.4, -0.2) is 37.6 Å². The van der Waals surface area contributed by atoms with Crippen molar-refractivity contribution >= 4 is 37.6 Å². The molecular weight excluding hydrogens is 566 g/mol. The quantitative estimate of drug-likeness (QED) is 0.270. The summed E-state index contributed by atoms with van der Waals surface area (Å²) in [5.74, 6) is 0. The molecule has 0 aromatic carbocycles. The first kappa shape index (κ1) is 23.7. The van der Waals surface area contributed by atoms with E-state index >= 15 is 0 Å². The van der Waals surface area contributed by atoms with Gasteiger partial charge in [0.05, 0.1) is 0 Å². The van der Waals surface area contributed by atoms with E-state index in [1.54, 1.807) is 51.4 Å². The fraction of sp³-hybridized carbons (Fsp3) is 1.00. The van der Waals surface area contributed by atoms with Gasteiger partial charge in [-0.3, -0.25) is 0 Å². The van der Waals surface area contributed by atoms with Crippen LogP contribution < -0.4 is 0 Å². The van der Waals surface area contributed by atoms with Crippen LogP contribution in [-0.2, 0) is 1.41 Å². The van der Waals surface area contributed by atoms with E-state index in [0.717, 1.165) is 15.7 Å². The first-order valence-corrected chi connectivity index (χ1v) is 28.5. The molecule has 0 unspecified atom stereocenters. The third-order valence-corrected chi connectivity index (χ3v) is 54.6. The fourth-order valence-electron chi connectivity index (χ4n) is 8.18. The standard InChI is InChI=1S/4C6H11.2CH3.O.2Sn/c4*1-2-4-6-5-3-1;;;;;/h4*1H,2-6H2;2*1H3;;;. The van der Waals surface area contributed by atoms with E-state index in [9.17, 15) is 0 Å². The van der Waals surface area contributed by atoms with Gasteiger partial charge in [0.15, 0.2) is 0 Å². The summed E-state index contributed by atoms with van der Waals surface area (Å²) in [6, 6.07) is 0. The Hall–Kier alpha value is 1.56. The van der Waals surface area contributed by atoms with Gasteiger partial charge in [-0.05, 0) is 0 Å². The molecule has 0 amide bonds. The molecule has 3 heteroatoms. The summed E-state index contributed by atoms with van der Waals surface area (Å²) in [4.78, 5) is 5.75. The van der Waals surface area contributed by atoms with Crippen molar-refractivity contribution in [2.45, 2.75) is 154 Å². The van der Waals surface area contributed by atoms with Crippen molar-refractivity contribution in [1.82, 2.24) is 0 Å². The van der Waals surface area contributed by atoms with Crippen LogP contribution in [0.3, 0.4) is 0 Å². The Bertz CT molecular complexity index is 403. The Labute approximate surface area is 191 Å². The van der Waals surface area contributed by atoms with Gasteiger partial charge in [-0.25, -0.2) is 0 Å². The Morgan fingerprint density at radius 2 is 0.586 bits per heavy atom. The SMILES string of the molecule is [CH3][Sn]([O][Sn]([CH3])([CH]1CCCCC1)[CH]1CCCCC1)([CH]1CCCCC1)[CH]1CCCCC1. The molecule has 0 atom stereocenters. The first-order valence-electron chi connectivity index (χ1n) is 13.8. The van der Waals surface area contributed by atoms with Gasteiger partial charge in [0.2, 0.25) is 0 Å². The van der Waals surface area contributed by atoms with E-state index in [-0.39, 0.29) is 0 Å². The molecule has 0 aliphatic heterocycles. The van der Waals surface area contributed by atoms with Crippen LogP contribution in [0.2, 0.25) is 25.6 Å². The molecule has 0 spiro atoms. The normalized spacial score (nSPS) is 27.9. The van der Waals surface area contributed by atoms with Crippen LogP contribution in [0.15, 0.2) is 0 Å². The molecule has 4 rings (SSSR count). The fourth-order valence-corrected chi connectivity index (χ4v) is 65.2. The molecule has 4 saturated carbocycles. The van der Waals surface area contributed by atoms with Gasteiger partial charge in [-0.15, -0.1) is 0 Å². The zero-order chi connectivity index (χ0) is 20.2. The second-order valence-corrected chi connectivity index (χ2v) is 39.1. The van der Waals surface area contributed by atoms with Crippen molar-refractivity contribution < 1.29 is 1.41 Å². The maximum atomic E-state index is 8.20. The van der Waals surface area contributed by atoms with Crippen LogP contribution in [0.1, 0.15) is 128 Å². The summed E-state index contributed by atoms with van der Waals surface area (Å²) in [5, 5.41) is 0. The number of hydrogen-bond donors (Lipinski definition) is 0. The van der Waals surface area contributed by atoms with Gasteiger partial charge >= 0.3 is 193 Å². The summed E-state index contributed by atoms with van der Waals surface area (Å²) in [5.41, 5.74) is 0. The minimum absolute atomic E-state index is 1.07. The Morgan fingerprint density at radius 1 is 0.379 bits per heavy atom. The number of rotatable bonds is 6. The van der Waals surface area contributed by atoms with Gasteiger partial charge < -0.3 is 0 Å². The summed E-state index contributed by atoms with van der Waals surface area (Å²) in [7, 11) is 0.